The van der Waals surface area contributed by atoms with Crippen molar-refractivity contribution in [2.45, 2.75) is 72.6 Å². The molecular weight excluding hydrogens is 642 g/mol. The second-order valence-electron chi connectivity index (χ2n) is 9.47. The molecule has 0 unspecified atom stereocenters. The van der Waals surface area contributed by atoms with E-state index in [9.17, 15) is 9.59 Å². The summed E-state index contributed by atoms with van der Waals surface area (Å²) < 4.78 is 7.11. The van der Waals surface area contributed by atoms with Crippen molar-refractivity contribution >= 4 is 63.5 Å². The average Bonchev–Trinajstić information content (AvgIpc) is 3.45. The molecule has 208 valence electrons. The summed E-state index contributed by atoms with van der Waals surface area (Å²) in [5.41, 5.74) is 10.0. The molecule has 39 heavy (non-hydrogen) atoms. The number of nitrogens with zero attached hydrogens (tertiary/aromatic N) is 6. The van der Waals surface area contributed by atoms with Crippen LogP contribution in [-0.2, 0) is 0 Å². The monoisotopic (exact) mass is 678 g/mol. The van der Waals surface area contributed by atoms with Gasteiger partial charge in [-0.05, 0) is 17.7 Å². The minimum Gasteiger partial charge on any atom is -0.298 e. The predicted octanol–water partition coefficient (Wildman–Crippen LogP) is 8.88. The van der Waals surface area contributed by atoms with Crippen molar-refractivity contribution in [2.24, 2.45) is 5.11 Å². The van der Waals surface area contributed by atoms with Crippen LogP contribution in [0.1, 0.15) is 80.0 Å². The average molecular weight is 678 g/mol. The van der Waals surface area contributed by atoms with Gasteiger partial charge in [0.2, 0.25) is 0 Å². The molecule has 1 aromatic heterocycles. The Morgan fingerprint density at radius 1 is 0.897 bits per heavy atom. The van der Waals surface area contributed by atoms with E-state index in [4.69, 9.17) is 28.7 Å². The van der Waals surface area contributed by atoms with Crippen molar-refractivity contribution in [2.75, 3.05) is 0 Å². The number of unbranched alkanes of at least 4 members (excludes halogenated alkanes) is 3. The Hall–Kier alpha value is -2.39. The van der Waals surface area contributed by atoms with E-state index in [-0.39, 0.29) is 5.69 Å². The smallest absolute Gasteiger partial charge is 0.150 e. The molecule has 0 saturated carbocycles. The van der Waals surface area contributed by atoms with Crippen molar-refractivity contribution < 1.29 is 9.59 Å². The van der Waals surface area contributed by atoms with Crippen LogP contribution in [0.15, 0.2) is 47.7 Å². The Morgan fingerprint density at radius 2 is 1.44 bits per heavy atom. The molecule has 0 atom stereocenters. The maximum Gasteiger partial charge on any atom is 0.150 e. The van der Waals surface area contributed by atoms with Crippen molar-refractivity contribution in [1.82, 2.24) is 15.0 Å². The number of hydrogen-bond acceptors (Lipinski definition) is 5. The summed E-state index contributed by atoms with van der Waals surface area (Å²) in [6.07, 6.45) is 11.1. The van der Waals surface area contributed by atoms with Crippen LogP contribution in [0.2, 0.25) is 23.4 Å². The Bertz CT molecular complexity index is 1250. The number of hydrogen-bond donors (Lipinski definition) is 0. The van der Waals surface area contributed by atoms with E-state index in [2.05, 4.69) is 47.3 Å². The van der Waals surface area contributed by atoms with Crippen molar-refractivity contribution in [1.29, 1.82) is 0 Å². The molecule has 0 aliphatic carbocycles. The van der Waals surface area contributed by atoms with Gasteiger partial charge in [-0.1, -0.05) is 22.8 Å². The van der Waals surface area contributed by atoms with Gasteiger partial charge in [0, 0.05) is 21.2 Å². The van der Waals surface area contributed by atoms with Gasteiger partial charge in [-0.2, -0.15) is 0 Å². The van der Waals surface area contributed by atoms with Crippen molar-refractivity contribution in [3.8, 4) is 5.69 Å². The summed E-state index contributed by atoms with van der Waals surface area (Å²) in [5.74, 6) is 0. The first kappa shape index (κ1) is 32.8. The molecule has 0 aliphatic rings. The molecule has 0 saturated heterocycles. The molecule has 0 aliphatic heterocycles. The van der Waals surface area contributed by atoms with Gasteiger partial charge in [-0.3, -0.25) is 4.79 Å². The van der Waals surface area contributed by atoms with Crippen LogP contribution in [0, 0.1) is 0 Å². The summed E-state index contributed by atoms with van der Waals surface area (Å²) in [6.45, 7) is 6.82. The Labute approximate surface area is 244 Å². The Morgan fingerprint density at radius 3 is 1.95 bits per heavy atom. The maximum absolute atomic E-state index is 11.5. The van der Waals surface area contributed by atoms with E-state index in [1.54, 1.807) is 22.9 Å². The van der Waals surface area contributed by atoms with Gasteiger partial charge in [0.05, 0.1) is 0 Å². The fraction of sp³-hybridized carbons (Fsp3) is 0.429. The number of rotatable bonds is 14. The molecular formula is C28H36Cl2N6O2Sn. The van der Waals surface area contributed by atoms with E-state index < -0.39 is 18.4 Å². The molecule has 3 rings (SSSR count). The molecule has 0 bridgehead atoms. The molecule has 0 spiro atoms. The van der Waals surface area contributed by atoms with Crippen LogP contribution in [0.25, 0.3) is 16.1 Å². The van der Waals surface area contributed by atoms with Gasteiger partial charge in [0.1, 0.15) is 0 Å². The first-order valence-electron chi connectivity index (χ1n) is 13.4. The van der Waals surface area contributed by atoms with Crippen molar-refractivity contribution in [3.05, 3.63) is 74.2 Å². The quantitative estimate of drug-likeness (QED) is 0.0557. The Kier molecular flexibility index (Phi) is 14.6. The first-order chi connectivity index (χ1) is 18.9. The molecule has 2 aromatic carbocycles. The van der Waals surface area contributed by atoms with Crippen LogP contribution >= 0.6 is 23.2 Å². The zero-order chi connectivity index (χ0) is 28.7. The first-order valence-corrected chi connectivity index (χ1v) is 21.6. The fourth-order valence-corrected chi connectivity index (χ4v) is 19.9. The summed E-state index contributed by atoms with van der Waals surface area (Å²) in [7, 11) is 0. The number of carbonyl (C=O) groups excluding carboxylic acids is 2. The second-order valence-corrected chi connectivity index (χ2v) is 23.4. The maximum atomic E-state index is 11.5. The van der Waals surface area contributed by atoms with Gasteiger partial charge in [0.25, 0.3) is 0 Å². The van der Waals surface area contributed by atoms with Gasteiger partial charge in [-0.15, -0.1) is 0 Å². The number of benzene rings is 2. The second kappa shape index (κ2) is 17.3. The topological polar surface area (TPSA) is 114 Å². The molecule has 8 nitrogen and oxygen atoms in total. The zero-order valence-corrected chi connectivity index (χ0v) is 27.2. The molecule has 0 amide bonds. The number of aromatic nitrogens is 3. The summed E-state index contributed by atoms with van der Waals surface area (Å²) in [4.78, 5) is 24.5. The predicted molar refractivity (Wildman–Crippen MR) is 162 cm³/mol. The summed E-state index contributed by atoms with van der Waals surface area (Å²) in [5, 5.41) is 13.4. The van der Waals surface area contributed by atoms with Gasteiger partial charge >= 0.3 is 173 Å². The molecule has 0 radical (unpaired) electrons. The van der Waals surface area contributed by atoms with Crippen LogP contribution < -0.4 is 3.71 Å². The third kappa shape index (κ3) is 9.64. The van der Waals surface area contributed by atoms with Gasteiger partial charge < -0.3 is 0 Å². The molecule has 0 fully saturated rings. The van der Waals surface area contributed by atoms with Crippen LogP contribution in [0.3, 0.4) is 0 Å². The largest absolute Gasteiger partial charge is 0.298 e. The molecule has 11 heteroatoms. The standard InChI is InChI=1S/C9H5ClN3O.C7H4ClN3O.3C4H9.Sn/c10-8-1-2-9(7(5-8)6-14)13-4-3-11-12-13;8-6-1-2-7(10-11-9)5(3-6)4-12;3*1-3-4-2;/h1-2,4-6H;1-4H;3*1,3-4H2,2H3;. The molecule has 3 aromatic rings. The number of carbonyl (C=O) groups is 2. The van der Waals surface area contributed by atoms with Crippen LogP contribution in [0.5, 0.6) is 0 Å². The summed E-state index contributed by atoms with van der Waals surface area (Å²) >= 11 is 9.04. The minimum atomic E-state index is -2.60. The van der Waals surface area contributed by atoms with E-state index in [0.717, 1.165) is 12.0 Å². The van der Waals surface area contributed by atoms with Crippen LogP contribution in [0.4, 0.5) is 5.69 Å². The van der Waals surface area contributed by atoms with E-state index in [0.29, 0.717) is 27.5 Å². The van der Waals surface area contributed by atoms with Crippen LogP contribution in [-0.4, -0.2) is 45.9 Å². The van der Waals surface area contributed by atoms with Crippen molar-refractivity contribution in [3.63, 3.8) is 0 Å². The number of aldehydes is 2. The normalized spacial score (nSPS) is 10.8. The number of halogens is 2. The zero-order valence-electron chi connectivity index (χ0n) is 22.8. The molecule has 0 N–H and O–H groups in total. The van der Waals surface area contributed by atoms with E-state index >= 15 is 0 Å². The Balaban J connectivity index is 0.000000370. The number of azide groups is 1. The third-order valence-corrected chi connectivity index (χ3v) is 22.1. The van der Waals surface area contributed by atoms with E-state index in [1.807, 2.05) is 6.07 Å². The minimum absolute atomic E-state index is 0.289. The summed E-state index contributed by atoms with van der Waals surface area (Å²) in [6, 6.07) is 9.83. The van der Waals surface area contributed by atoms with Gasteiger partial charge in [0.15, 0.2) is 6.29 Å². The van der Waals surface area contributed by atoms with E-state index in [1.165, 1.54) is 67.7 Å². The molecule has 1 heterocycles. The fourth-order valence-electron chi connectivity index (χ4n) is 4.52. The third-order valence-electron chi connectivity index (χ3n) is 6.70. The van der Waals surface area contributed by atoms with Gasteiger partial charge in [-0.25, -0.2) is 0 Å². The SMILES string of the molecule is CCC[CH2][Sn]([CH2]CCC)([CH2]CCC)[c]1cn(-c2ccc(Cl)cc2C=O)nn1.[N-]=[N+]=Nc1ccc(Cl)cc1C=O.